The molecule has 5 atom stereocenters. The lowest BCUT2D eigenvalue weighted by Gasteiger charge is -2.48. The Balaban J connectivity index is 1.41. The van der Waals surface area contributed by atoms with Gasteiger partial charge in [0.05, 0.1) is 14.2 Å². The summed E-state index contributed by atoms with van der Waals surface area (Å²) in [6, 6.07) is 14.4. The number of ether oxygens (including phenoxy) is 3. The van der Waals surface area contributed by atoms with Gasteiger partial charge in [0, 0.05) is 5.41 Å². The zero-order valence-corrected chi connectivity index (χ0v) is 19.6. The number of fused-ring (bicyclic) bond motifs is 5. The lowest BCUT2D eigenvalue weighted by Crippen LogP contribution is -2.43. The normalized spacial score (nSPS) is 30.1. The molecular formula is C28H32O5. The van der Waals surface area contributed by atoms with Crippen LogP contribution in [0.5, 0.6) is 11.5 Å². The molecule has 2 saturated carbocycles. The molecule has 0 aromatic heterocycles. The quantitative estimate of drug-likeness (QED) is 0.471. The molecule has 33 heavy (non-hydrogen) atoms. The van der Waals surface area contributed by atoms with E-state index in [-0.39, 0.29) is 17.7 Å². The third-order valence-corrected chi connectivity index (χ3v) is 8.49. The van der Waals surface area contributed by atoms with Crippen LogP contribution in [-0.2, 0) is 27.4 Å². The van der Waals surface area contributed by atoms with Crippen LogP contribution in [0.25, 0.3) is 0 Å². The van der Waals surface area contributed by atoms with Gasteiger partial charge in [-0.2, -0.15) is 0 Å². The maximum atomic E-state index is 13.2. The van der Waals surface area contributed by atoms with Gasteiger partial charge in [0.1, 0.15) is 12.5 Å². The topological polar surface area (TPSA) is 61.8 Å². The highest BCUT2D eigenvalue weighted by Gasteiger charge is 2.60. The van der Waals surface area contributed by atoms with Crippen molar-refractivity contribution in [2.45, 2.75) is 51.6 Å². The number of Topliss-reactive ketones (excluding diaryl/α,β-unsaturated/α-hetero) is 1. The second-order valence-corrected chi connectivity index (χ2v) is 10.0. The number of methoxy groups -OCH3 is 2. The van der Waals surface area contributed by atoms with E-state index in [2.05, 4.69) is 31.2 Å². The Labute approximate surface area is 195 Å². The number of hydrogen-bond donors (Lipinski definition) is 0. The fraction of sp³-hybridized carbons (Fsp3) is 0.500. The van der Waals surface area contributed by atoms with Crippen LogP contribution >= 0.6 is 0 Å². The van der Waals surface area contributed by atoms with Crippen LogP contribution in [0.15, 0.2) is 42.5 Å². The molecule has 2 aromatic rings. The van der Waals surface area contributed by atoms with Gasteiger partial charge in [-0.1, -0.05) is 37.3 Å². The summed E-state index contributed by atoms with van der Waals surface area (Å²) in [6.07, 6.45) is 4.38. The van der Waals surface area contributed by atoms with Crippen molar-refractivity contribution in [1.82, 2.24) is 0 Å². The maximum Gasteiger partial charge on any atom is 0.316 e. The Morgan fingerprint density at radius 3 is 2.61 bits per heavy atom. The van der Waals surface area contributed by atoms with Crippen molar-refractivity contribution >= 4 is 11.8 Å². The van der Waals surface area contributed by atoms with Crippen molar-refractivity contribution in [2.75, 3.05) is 14.2 Å². The van der Waals surface area contributed by atoms with Gasteiger partial charge in [-0.3, -0.25) is 9.59 Å². The molecule has 3 aliphatic rings. The van der Waals surface area contributed by atoms with E-state index in [1.807, 2.05) is 18.2 Å². The molecule has 0 bridgehead atoms. The first-order valence-corrected chi connectivity index (χ1v) is 12.0. The monoisotopic (exact) mass is 448 g/mol. The van der Waals surface area contributed by atoms with Crippen molar-refractivity contribution in [2.24, 2.45) is 23.2 Å². The molecule has 0 amide bonds. The number of aryl methyl sites for hydroxylation is 1. The number of rotatable bonds is 5. The first kappa shape index (κ1) is 22.0. The summed E-state index contributed by atoms with van der Waals surface area (Å²) in [5, 5.41) is 0. The number of esters is 1. The molecule has 2 fully saturated rings. The molecule has 5 heteroatoms. The second kappa shape index (κ2) is 8.51. The number of carbonyl (C=O) groups excluding carboxylic acids is 2. The Bertz CT molecular complexity index is 1060. The molecule has 0 spiro atoms. The van der Waals surface area contributed by atoms with Crippen LogP contribution < -0.4 is 9.47 Å². The molecule has 0 heterocycles. The van der Waals surface area contributed by atoms with Gasteiger partial charge in [0.15, 0.2) is 17.3 Å². The van der Waals surface area contributed by atoms with E-state index in [0.717, 1.165) is 42.7 Å². The highest BCUT2D eigenvalue weighted by molar-refractivity contribution is 6.04. The zero-order chi connectivity index (χ0) is 23.2. The van der Waals surface area contributed by atoms with Crippen molar-refractivity contribution < 1.29 is 23.8 Å². The summed E-state index contributed by atoms with van der Waals surface area (Å²) >= 11 is 0. The number of ketones is 1. The summed E-state index contributed by atoms with van der Waals surface area (Å²) in [4.78, 5) is 25.5. The standard InChI is InChI=1S/C28H32O5/c1-28-12-11-19-20(23(28)14-22(26(28)29)27(30)32-3)10-9-18-13-25(24(31-2)15-21(18)19)33-16-17-7-5-4-6-8-17/h4-8,13,15,19-20,22-23H,9-12,14,16H2,1-3H3/t19?,20?,22-,23?,28-/m0/s1. The van der Waals surface area contributed by atoms with Gasteiger partial charge in [0.2, 0.25) is 0 Å². The highest BCUT2D eigenvalue weighted by Crippen LogP contribution is 2.61. The molecule has 0 N–H and O–H groups in total. The maximum absolute atomic E-state index is 13.2. The average Bonchev–Trinajstić information content (AvgIpc) is 3.12. The molecule has 174 valence electrons. The zero-order valence-electron chi connectivity index (χ0n) is 19.6. The molecule has 5 rings (SSSR count). The first-order valence-electron chi connectivity index (χ1n) is 12.0. The lowest BCUT2D eigenvalue weighted by molar-refractivity contribution is -0.149. The molecule has 5 nitrogen and oxygen atoms in total. The fourth-order valence-electron chi connectivity index (χ4n) is 6.75. The Morgan fingerprint density at radius 2 is 1.88 bits per heavy atom. The van der Waals surface area contributed by atoms with Crippen LogP contribution in [0, 0.1) is 23.2 Å². The Hall–Kier alpha value is -2.82. The SMILES string of the molecule is COC(=O)[C@H]1CC2C3CCc4cc(OCc5ccccc5)c(OC)cc4C3CC[C@]2(C)C1=O. The molecule has 0 radical (unpaired) electrons. The molecule has 0 aliphatic heterocycles. The summed E-state index contributed by atoms with van der Waals surface area (Å²) in [6.45, 7) is 2.58. The molecule has 3 aliphatic carbocycles. The highest BCUT2D eigenvalue weighted by atomic mass is 16.5. The third-order valence-electron chi connectivity index (χ3n) is 8.49. The van der Waals surface area contributed by atoms with Gasteiger partial charge < -0.3 is 14.2 Å². The van der Waals surface area contributed by atoms with E-state index >= 15 is 0 Å². The average molecular weight is 449 g/mol. The van der Waals surface area contributed by atoms with E-state index < -0.39 is 11.3 Å². The van der Waals surface area contributed by atoms with Crippen LogP contribution in [0.2, 0.25) is 0 Å². The van der Waals surface area contributed by atoms with Crippen molar-refractivity contribution in [3.05, 3.63) is 59.2 Å². The Morgan fingerprint density at radius 1 is 1.09 bits per heavy atom. The second-order valence-electron chi connectivity index (χ2n) is 10.0. The van der Waals surface area contributed by atoms with E-state index in [4.69, 9.17) is 14.2 Å². The molecule has 2 aromatic carbocycles. The minimum absolute atomic E-state index is 0.0887. The van der Waals surface area contributed by atoms with Gasteiger partial charge >= 0.3 is 5.97 Å². The predicted octanol–water partition coefficient (Wildman–Crippen LogP) is 5.10. The summed E-state index contributed by atoms with van der Waals surface area (Å²) in [5.74, 6) is 1.66. The van der Waals surface area contributed by atoms with Crippen LogP contribution in [0.4, 0.5) is 0 Å². The predicted molar refractivity (Wildman–Crippen MR) is 124 cm³/mol. The fourth-order valence-corrected chi connectivity index (χ4v) is 6.75. The van der Waals surface area contributed by atoms with Crippen molar-refractivity contribution in [3.63, 3.8) is 0 Å². The van der Waals surface area contributed by atoms with E-state index in [9.17, 15) is 9.59 Å². The lowest BCUT2D eigenvalue weighted by atomic mass is 9.55. The van der Waals surface area contributed by atoms with Crippen molar-refractivity contribution in [3.8, 4) is 11.5 Å². The molecule has 3 unspecified atom stereocenters. The van der Waals surface area contributed by atoms with Gasteiger partial charge in [0.25, 0.3) is 0 Å². The minimum atomic E-state index is -0.603. The van der Waals surface area contributed by atoms with Crippen LogP contribution in [0.3, 0.4) is 0 Å². The van der Waals surface area contributed by atoms with Gasteiger partial charge in [-0.05, 0) is 78.7 Å². The van der Waals surface area contributed by atoms with Crippen LogP contribution in [-0.4, -0.2) is 26.0 Å². The summed E-state index contributed by atoms with van der Waals surface area (Å²) < 4.78 is 16.8. The number of hydrogen-bond acceptors (Lipinski definition) is 5. The molecule has 0 saturated heterocycles. The van der Waals surface area contributed by atoms with Crippen molar-refractivity contribution in [1.29, 1.82) is 0 Å². The summed E-state index contributed by atoms with van der Waals surface area (Å²) in [5.41, 5.74) is 3.35. The van der Waals surface area contributed by atoms with E-state index in [0.29, 0.717) is 24.9 Å². The molecular weight excluding hydrogens is 416 g/mol. The van der Waals surface area contributed by atoms with Gasteiger partial charge in [-0.25, -0.2) is 0 Å². The smallest absolute Gasteiger partial charge is 0.316 e. The van der Waals surface area contributed by atoms with Gasteiger partial charge in [-0.15, -0.1) is 0 Å². The summed E-state index contributed by atoms with van der Waals surface area (Å²) in [7, 11) is 3.06. The number of carbonyl (C=O) groups is 2. The van der Waals surface area contributed by atoms with E-state index in [1.54, 1.807) is 7.11 Å². The minimum Gasteiger partial charge on any atom is -0.493 e. The largest absolute Gasteiger partial charge is 0.493 e. The Kier molecular flexibility index (Phi) is 5.67. The van der Waals surface area contributed by atoms with Crippen LogP contribution in [0.1, 0.15) is 55.2 Å². The third kappa shape index (κ3) is 3.62. The number of benzene rings is 2. The first-order chi connectivity index (χ1) is 16.0. The van der Waals surface area contributed by atoms with E-state index in [1.165, 1.54) is 18.2 Å².